The molecule has 5 nitrogen and oxygen atoms in total. The van der Waals surface area contributed by atoms with Gasteiger partial charge in [0.15, 0.2) is 5.82 Å². The zero-order valence-electron chi connectivity index (χ0n) is 15.9. The zero-order chi connectivity index (χ0) is 19.9. The molecule has 3 rings (SSSR count). The van der Waals surface area contributed by atoms with Gasteiger partial charge in [-0.2, -0.15) is 0 Å². The van der Waals surface area contributed by atoms with Gasteiger partial charge in [-0.25, -0.2) is 9.97 Å². The number of nitrogens with one attached hydrogen (secondary N) is 1. The third kappa shape index (κ3) is 5.28. The van der Waals surface area contributed by atoms with Crippen LogP contribution in [-0.2, 0) is 17.6 Å². The maximum absolute atomic E-state index is 12.5. The maximum Gasteiger partial charge on any atom is 0.229 e. The van der Waals surface area contributed by atoms with Crippen molar-refractivity contribution in [3.05, 3.63) is 69.6 Å². The van der Waals surface area contributed by atoms with E-state index >= 15 is 0 Å². The molecule has 0 aliphatic heterocycles. The molecule has 1 N–H and O–H groups in total. The number of carbonyl (C=O) groups is 1. The van der Waals surface area contributed by atoms with Crippen molar-refractivity contribution < 1.29 is 9.53 Å². The summed E-state index contributed by atoms with van der Waals surface area (Å²) in [7, 11) is 1.64. The summed E-state index contributed by atoms with van der Waals surface area (Å²) in [6, 6.07) is 15.6. The first-order valence-electron chi connectivity index (χ1n) is 9.13. The van der Waals surface area contributed by atoms with Gasteiger partial charge in [0.05, 0.1) is 31.1 Å². The third-order valence-electron chi connectivity index (χ3n) is 4.25. The monoisotopic (exact) mass is 487 g/mol. The number of ether oxygens (including phenoxy) is 1. The summed E-state index contributed by atoms with van der Waals surface area (Å²) in [6.45, 7) is 2.08. The molecule has 0 bridgehead atoms. The molecule has 1 heterocycles. The molecule has 3 aromatic rings. The molecule has 0 unspecified atom stereocenters. The summed E-state index contributed by atoms with van der Waals surface area (Å²) >= 11 is 2.25. The second-order valence-electron chi connectivity index (χ2n) is 6.38. The van der Waals surface area contributed by atoms with E-state index in [1.165, 1.54) is 0 Å². The van der Waals surface area contributed by atoms with E-state index in [0.717, 1.165) is 44.7 Å². The van der Waals surface area contributed by atoms with Gasteiger partial charge in [-0.3, -0.25) is 4.79 Å². The number of hydrogen-bond acceptors (Lipinski definition) is 4. The van der Waals surface area contributed by atoms with Gasteiger partial charge < -0.3 is 10.1 Å². The van der Waals surface area contributed by atoms with Crippen LogP contribution in [-0.4, -0.2) is 23.0 Å². The number of rotatable bonds is 7. The van der Waals surface area contributed by atoms with Crippen LogP contribution in [0.5, 0.6) is 5.75 Å². The Labute approximate surface area is 178 Å². The van der Waals surface area contributed by atoms with Gasteiger partial charge in [-0.1, -0.05) is 25.5 Å². The Balaban J connectivity index is 1.78. The van der Waals surface area contributed by atoms with E-state index < -0.39 is 0 Å². The van der Waals surface area contributed by atoms with Crippen molar-refractivity contribution in [2.45, 2.75) is 26.2 Å². The lowest BCUT2D eigenvalue weighted by Gasteiger charge is -2.11. The van der Waals surface area contributed by atoms with Crippen LogP contribution in [0.3, 0.4) is 0 Å². The van der Waals surface area contributed by atoms with Gasteiger partial charge in [-0.15, -0.1) is 0 Å². The molecule has 2 aromatic carbocycles. The van der Waals surface area contributed by atoms with Gasteiger partial charge in [-0.05, 0) is 71.0 Å². The molecular formula is C22H22IN3O2. The van der Waals surface area contributed by atoms with E-state index in [1.807, 2.05) is 48.5 Å². The van der Waals surface area contributed by atoms with Crippen molar-refractivity contribution in [1.82, 2.24) is 9.97 Å². The first-order chi connectivity index (χ1) is 13.6. The second-order valence-corrected chi connectivity index (χ2v) is 7.63. The molecule has 144 valence electrons. The minimum absolute atomic E-state index is 0.0925. The number of amides is 1. The first-order valence-corrected chi connectivity index (χ1v) is 10.2. The van der Waals surface area contributed by atoms with Crippen LogP contribution in [0, 0.1) is 3.57 Å². The highest BCUT2D eigenvalue weighted by Crippen LogP contribution is 2.23. The fourth-order valence-electron chi connectivity index (χ4n) is 2.81. The molecule has 0 saturated carbocycles. The zero-order valence-corrected chi connectivity index (χ0v) is 18.1. The second kappa shape index (κ2) is 9.64. The van der Waals surface area contributed by atoms with Crippen molar-refractivity contribution in [2.24, 2.45) is 0 Å². The molecule has 0 saturated heterocycles. The van der Waals surface area contributed by atoms with Crippen molar-refractivity contribution >= 4 is 34.3 Å². The van der Waals surface area contributed by atoms with Crippen molar-refractivity contribution in [2.75, 3.05) is 12.4 Å². The minimum atomic E-state index is -0.0925. The first kappa shape index (κ1) is 20.3. The van der Waals surface area contributed by atoms with Crippen molar-refractivity contribution in [3.63, 3.8) is 0 Å². The molecule has 1 amide bonds. The van der Waals surface area contributed by atoms with E-state index in [2.05, 4.69) is 39.8 Å². The predicted octanol–water partition coefficient (Wildman–Crippen LogP) is 4.89. The van der Waals surface area contributed by atoms with Crippen LogP contribution in [0.2, 0.25) is 0 Å². The molecule has 1 aromatic heterocycles. The number of methoxy groups -OCH3 is 1. The molecule has 28 heavy (non-hydrogen) atoms. The number of hydrogen-bond donors (Lipinski definition) is 1. The maximum atomic E-state index is 12.5. The summed E-state index contributed by atoms with van der Waals surface area (Å²) in [5, 5.41) is 2.92. The van der Waals surface area contributed by atoms with Crippen LogP contribution < -0.4 is 10.1 Å². The fourth-order valence-corrected chi connectivity index (χ4v) is 3.17. The SMILES string of the molecule is CCCc1nc(-c2ccc(OC)cc2)cnc1NC(=O)Cc1ccc(I)cc1. The lowest BCUT2D eigenvalue weighted by molar-refractivity contribution is -0.115. The normalized spacial score (nSPS) is 10.5. The Morgan fingerprint density at radius 1 is 1.11 bits per heavy atom. The Hall–Kier alpha value is -2.48. The lowest BCUT2D eigenvalue weighted by atomic mass is 10.1. The van der Waals surface area contributed by atoms with Crippen LogP contribution in [0.4, 0.5) is 5.82 Å². The topological polar surface area (TPSA) is 64.1 Å². The molecule has 0 radical (unpaired) electrons. The van der Waals surface area contributed by atoms with E-state index in [-0.39, 0.29) is 5.91 Å². The van der Waals surface area contributed by atoms with E-state index in [1.54, 1.807) is 13.3 Å². The van der Waals surface area contributed by atoms with E-state index in [9.17, 15) is 4.79 Å². The molecule has 0 atom stereocenters. The lowest BCUT2D eigenvalue weighted by Crippen LogP contribution is -2.17. The number of halogens is 1. The number of anilines is 1. The summed E-state index contributed by atoms with van der Waals surface area (Å²) in [4.78, 5) is 21.7. The molecular weight excluding hydrogens is 465 g/mol. The highest BCUT2D eigenvalue weighted by molar-refractivity contribution is 14.1. The summed E-state index contributed by atoms with van der Waals surface area (Å²) in [5.74, 6) is 1.24. The number of nitrogens with zero attached hydrogens (tertiary/aromatic N) is 2. The van der Waals surface area contributed by atoms with Crippen LogP contribution in [0.15, 0.2) is 54.7 Å². The van der Waals surface area contributed by atoms with Crippen molar-refractivity contribution in [1.29, 1.82) is 0 Å². The van der Waals surface area contributed by atoms with E-state index in [0.29, 0.717) is 12.2 Å². The largest absolute Gasteiger partial charge is 0.497 e. The standard InChI is InChI=1S/C22H22IN3O2/c1-3-4-19-22(26-21(27)13-15-5-9-17(23)10-6-15)24-14-20(25-19)16-7-11-18(28-2)12-8-16/h5-12,14H,3-4,13H2,1-2H3,(H,24,26,27). The molecule has 6 heteroatoms. The number of benzene rings is 2. The van der Waals surface area contributed by atoms with Crippen LogP contribution in [0.1, 0.15) is 24.6 Å². The fraction of sp³-hybridized carbons (Fsp3) is 0.227. The Morgan fingerprint density at radius 3 is 2.46 bits per heavy atom. The summed E-state index contributed by atoms with van der Waals surface area (Å²) in [5.41, 5.74) is 3.51. The molecule has 0 aliphatic rings. The van der Waals surface area contributed by atoms with Crippen LogP contribution in [0.25, 0.3) is 11.3 Å². The number of carbonyl (C=O) groups excluding carboxylic acids is 1. The van der Waals surface area contributed by atoms with Gasteiger partial charge in [0.2, 0.25) is 5.91 Å². The average Bonchev–Trinajstić information content (AvgIpc) is 2.71. The number of aromatic nitrogens is 2. The van der Waals surface area contributed by atoms with Gasteiger partial charge in [0, 0.05) is 9.13 Å². The summed E-state index contributed by atoms with van der Waals surface area (Å²) < 4.78 is 6.35. The highest BCUT2D eigenvalue weighted by atomic mass is 127. The smallest absolute Gasteiger partial charge is 0.229 e. The minimum Gasteiger partial charge on any atom is -0.497 e. The van der Waals surface area contributed by atoms with Gasteiger partial charge in [0.1, 0.15) is 5.75 Å². The van der Waals surface area contributed by atoms with Gasteiger partial charge >= 0.3 is 0 Å². The Morgan fingerprint density at radius 2 is 1.82 bits per heavy atom. The Kier molecular flexibility index (Phi) is 6.97. The average molecular weight is 487 g/mol. The predicted molar refractivity (Wildman–Crippen MR) is 120 cm³/mol. The highest BCUT2D eigenvalue weighted by Gasteiger charge is 2.12. The third-order valence-corrected chi connectivity index (χ3v) is 4.97. The Bertz CT molecular complexity index is 941. The van der Waals surface area contributed by atoms with Crippen molar-refractivity contribution in [3.8, 4) is 17.0 Å². The summed E-state index contributed by atoms with van der Waals surface area (Å²) in [6.07, 6.45) is 3.67. The van der Waals surface area contributed by atoms with Gasteiger partial charge in [0.25, 0.3) is 0 Å². The number of aryl methyl sites for hydroxylation is 1. The quantitative estimate of drug-likeness (QED) is 0.482. The molecule has 0 spiro atoms. The molecule has 0 fully saturated rings. The molecule has 0 aliphatic carbocycles. The van der Waals surface area contributed by atoms with Crippen LogP contribution >= 0.6 is 22.6 Å². The van der Waals surface area contributed by atoms with E-state index in [4.69, 9.17) is 9.72 Å².